The second-order valence-corrected chi connectivity index (χ2v) is 9.01. The van der Waals surface area contributed by atoms with Crippen molar-refractivity contribution in [2.45, 2.75) is 56.4 Å². The first-order chi connectivity index (χ1) is 11.8. The summed E-state index contributed by atoms with van der Waals surface area (Å²) >= 11 is 0. The predicted octanol–water partition coefficient (Wildman–Crippen LogP) is 2.20. The second kappa shape index (κ2) is 7.84. The first-order valence-corrected chi connectivity index (χ1v) is 10.4. The Labute approximate surface area is 162 Å². The largest absolute Gasteiger partial charge is 0.329 e. The van der Waals surface area contributed by atoms with Crippen molar-refractivity contribution in [1.82, 2.24) is 4.72 Å². The van der Waals surface area contributed by atoms with Gasteiger partial charge in [-0.1, -0.05) is 19.8 Å². The summed E-state index contributed by atoms with van der Waals surface area (Å²) in [5.41, 5.74) is 7.13. The number of nitrogens with one attached hydrogen (secondary N) is 1. The van der Waals surface area contributed by atoms with Gasteiger partial charge in [0.1, 0.15) is 0 Å². The van der Waals surface area contributed by atoms with E-state index in [1.54, 1.807) is 23.1 Å². The molecule has 0 radical (unpaired) electrons. The number of nitrogens with two attached hydrogens (primary N) is 1. The molecule has 1 saturated carbocycles. The van der Waals surface area contributed by atoms with Crippen LogP contribution in [0, 0.1) is 5.92 Å². The van der Waals surface area contributed by atoms with Gasteiger partial charge in [-0.25, -0.2) is 13.1 Å². The Morgan fingerprint density at radius 3 is 2.73 bits per heavy atom. The fourth-order valence-electron chi connectivity index (χ4n) is 4.11. The number of hydrogen-bond donors (Lipinski definition) is 2. The maximum absolute atomic E-state index is 13.0. The lowest BCUT2D eigenvalue weighted by atomic mass is 9.74. The van der Waals surface area contributed by atoms with Gasteiger partial charge >= 0.3 is 0 Å². The van der Waals surface area contributed by atoms with Crippen LogP contribution in [-0.2, 0) is 21.2 Å². The van der Waals surface area contributed by atoms with Crippen molar-refractivity contribution < 1.29 is 13.2 Å². The third kappa shape index (κ3) is 3.76. The summed E-state index contributed by atoms with van der Waals surface area (Å²) in [5, 5.41) is 0. The van der Waals surface area contributed by atoms with Crippen LogP contribution in [0.4, 0.5) is 5.69 Å². The van der Waals surface area contributed by atoms with Crippen molar-refractivity contribution in [3.8, 4) is 0 Å². The summed E-state index contributed by atoms with van der Waals surface area (Å²) in [4.78, 5) is 13.6. The molecule has 1 amide bonds. The number of fused-ring (bicyclic) bond motifs is 1. The van der Waals surface area contributed by atoms with E-state index in [0.29, 0.717) is 19.5 Å². The van der Waals surface area contributed by atoms with Crippen LogP contribution in [0.3, 0.4) is 0 Å². The molecule has 1 aliphatic heterocycles. The number of carbonyl (C=O) groups excluding carboxylic acids is 1. The number of hydrogen-bond acceptors (Lipinski definition) is 4. The fraction of sp³-hybridized carbons (Fsp3) is 0.611. The minimum Gasteiger partial charge on any atom is -0.329 e. The molecule has 3 N–H and O–H groups in total. The van der Waals surface area contributed by atoms with Crippen molar-refractivity contribution in [2.24, 2.45) is 11.7 Å². The molecule has 2 atom stereocenters. The van der Waals surface area contributed by atoms with Crippen LogP contribution in [0.25, 0.3) is 0 Å². The zero-order chi connectivity index (χ0) is 18.2. The molecule has 2 aliphatic rings. The van der Waals surface area contributed by atoms with Gasteiger partial charge in [-0.05, 0) is 48.9 Å². The van der Waals surface area contributed by atoms with Crippen molar-refractivity contribution in [1.29, 1.82) is 0 Å². The maximum atomic E-state index is 13.0. The van der Waals surface area contributed by atoms with Crippen LogP contribution in [-0.4, -0.2) is 33.0 Å². The number of nitrogens with zero attached hydrogens (tertiary/aromatic N) is 1. The van der Waals surface area contributed by atoms with Gasteiger partial charge in [0.05, 0.1) is 4.90 Å². The minimum atomic E-state index is -3.66. The second-order valence-electron chi connectivity index (χ2n) is 7.32. The Balaban J connectivity index is 0.00000243. The van der Waals surface area contributed by atoms with Crippen molar-refractivity contribution in [3.63, 3.8) is 0 Å². The van der Waals surface area contributed by atoms with E-state index in [4.69, 9.17) is 5.73 Å². The molecule has 1 aliphatic carbocycles. The zero-order valence-corrected chi connectivity index (χ0v) is 17.0. The van der Waals surface area contributed by atoms with Crippen LogP contribution in [0.1, 0.15) is 45.1 Å². The monoisotopic (exact) mass is 401 g/mol. The van der Waals surface area contributed by atoms with E-state index >= 15 is 0 Å². The van der Waals surface area contributed by atoms with Gasteiger partial charge < -0.3 is 10.6 Å². The van der Waals surface area contributed by atoms with Crippen LogP contribution in [0.15, 0.2) is 23.1 Å². The van der Waals surface area contributed by atoms with E-state index in [2.05, 4.69) is 11.6 Å². The lowest BCUT2D eigenvalue weighted by Crippen LogP contribution is -2.58. The summed E-state index contributed by atoms with van der Waals surface area (Å²) in [5.74, 6) is 0.189. The van der Waals surface area contributed by atoms with Gasteiger partial charge in [0.25, 0.3) is 0 Å². The summed E-state index contributed by atoms with van der Waals surface area (Å²) in [6, 6.07) is 5.01. The highest BCUT2D eigenvalue weighted by Gasteiger charge is 2.40. The summed E-state index contributed by atoms with van der Waals surface area (Å²) in [6.45, 7) is 4.50. The lowest BCUT2D eigenvalue weighted by Gasteiger charge is -2.42. The van der Waals surface area contributed by atoms with Gasteiger partial charge in [0.2, 0.25) is 15.9 Å². The van der Waals surface area contributed by atoms with E-state index < -0.39 is 15.6 Å². The Hall–Kier alpha value is -1.15. The van der Waals surface area contributed by atoms with E-state index in [0.717, 1.165) is 36.9 Å². The lowest BCUT2D eigenvalue weighted by molar-refractivity contribution is -0.116. The molecule has 1 heterocycles. The number of rotatable bonds is 4. The van der Waals surface area contributed by atoms with E-state index in [9.17, 15) is 13.2 Å². The predicted molar refractivity (Wildman–Crippen MR) is 105 cm³/mol. The van der Waals surface area contributed by atoms with Crippen LogP contribution >= 0.6 is 12.4 Å². The highest BCUT2D eigenvalue weighted by molar-refractivity contribution is 7.89. The van der Waals surface area contributed by atoms with Crippen LogP contribution in [0.5, 0.6) is 0 Å². The molecule has 0 saturated heterocycles. The third-order valence-electron chi connectivity index (χ3n) is 5.79. The highest BCUT2D eigenvalue weighted by atomic mass is 35.5. The molecule has 0 spiro atoms. The summed E-state index contributed by atoms with van der Waals surface area (Å²) < 4.78 is 28.9. The number of amides is 1. The van der Waals surface area contributed by atoms with Gasteiger partial charge in [-0.15, -0.1) is 12.4 Å². The van der Waals surface area contributed by atoms with Crippen molar-refractivity contribution in [2.75, 3.05) is 18.0 Å². The van der Waals surface area contributed by atoms with Gasteiger partial charge in [-0.3, -0.25) is 4.79 Å². The van der Waals surface area contributed by atoms with Gasteiger partial charge in [-0.2, -0.15) is 0 Å². The fourth-order valence-corrected chi connectivity index (χ4v) is 5.69. The summed E-state index contributed by atoms with van der Waals surface area (Å²) in [6.07, 6.45) is 4.54. The van der Waals surface area contributed by atoms with E-state index in [1.807, 2.05) is 0 Å². The molecule has 0 aromatic heterocycles. The number of halogens is 1. The van der Waals surface area contributed by atoms with Crippen LogP contribution < -0.4 is 15.4 Å². The minimum absolute atomic E-state index is 0. The molecule has 1 fully saturated rings. The molecule has 1 aromatic rings. The molecule has 0 bridgehead atoms. The topological polar surface area (TPSA) is 92.5 Å². The van der Waals surface area contributed by atoms with Crippen molar-refractivity contribution >= 4 is 34.0 Å². The smallest absolute Gasteiger partial charge is 0.241 e. The Bertz CT molecular complexity index is 784. The highest BCUT2D eigenvalue weighted by Crippen LogP contribution is 2.35. The molecule has 2 unspecified atom stereocenters. The molecule has 146 valence electrons. The zero-order valence-electron chi connectivity index (χ0n) is 15.3. The molecular weight excluding hydrogens is 374 g/mol. The number of anilines is 1. The standard InChI is InChI=1S/C18H27N3O3S.ClH/c1-13-5-3-4-9-18(13,12-19)20-25(23,24)16-6-7-17-15(11-16)8-10-21(17)14(2)22;/h6-7,11,13,20H,3-5,8-10,12,19H2,1-2H3;1H. The van der Waals surface area contributed by atoms with E-state index in [-0.39, 0.29) is 29.1 Å². The number of sulfonamides is 1. The molecule has 1 aromatic carbocycles. The molecule has 8 heteroatoms. The average Bonchev–Trinajstić information content (AvgIpc) is 3.00. The first kappa shape index (κ1) is 21.2. The SMILES string of the molecule is CC(=O)N1CCc2cc(S(=O)(=O)NC3(CN)CCCCC3C)ccc21.Cl. The Morgan fingerprint density at radius 2 is 2.12 bits per heavy atom. The van der Waals surface area contributed by atoms with Gasteiger partial charge in [0.15, 0.2) is 0 Å². The van der Waals surface area contributed by atoms with Crippen LogP contribution in [0.2, 0.25) is 0 Å². The Morgan fingerprint density at radius 1 is 1.38 bits per heavy atom. The summed E-state index contributed by atoms with van der Waals surface area (Å²) in [7, 11) is -3.66. The van der Waals surface area contributed by atoms with Crippen molar-refractivity contribution in [3.05, 3.63) is 23.8 Å². The first-order valence-electron chi connectivity index (χ1n) is 8.94. The Kier molecular flexibility index (Phi) is 6.38. The molecular formula is C18H28ClN3O3S. The normalized spacial score (nSPS) is 25.5. The quantitative estimate of drug-likeness (QED) is 0.808. The molecule has 6 nitrogen and oxygen atoms in total. The maximum Gasteiger partial charge on any atom is 0.241 e. The number of benzene rings is 1. The van der Waals surface area contributed by atoms with Gasteiger partial charge in [0, 0.05) is 31.2 Å². The van der Waals surface area contributed by atoms with E-state index in [1.165, 1.54) is 6.92 Å². The molecule has 3 rings (SSSR count). The molecule has 26 heavy (non-hydrogen) atoms. The third-order valence-corrected chi connectivity index (χ3v) is 7.34. The number of carbonyl (C=O) groups is 1. The average molecular weight is 402 g/mol.